The highest BCUT2D eigenvalue weighted by atomic mass is 16.6. The summed E-state index contributed by atoms with van der Waals surface area (Å²) < 4.78 is 16.8. The van der Waals surface area contributed by atoms with Crippen molar-refractivity contribution in [2.45, 2.75) is 277 Å². The Balaban J connectivity index is 4.38. The van der Waals surface area contributed by atoms with Crippen molar-refractivity contribution in [3.8, 4) is 0 Å². The summed E-state index contributed by atoms with van der Waals surface area (Å²) in [6.45, 7) is 6.56. The first-order valence-electron chi connectivity index (χ1n) is 26.7. The molecule has 0 heterocycles. The van der Waals surface area contributed by atoms with Crippen molar-refractivity contribution < 1.29 is 28.6 Å². The molecule has 1 unspecified atom stereocenters. The normalized spacial score (nSPS) is 12.4. The Morgan fingerprint density at radius 3 is 0.968 bits per heavy atom. The van der Waals surface area contributed by atoms with Gasteiger partial charge in [0.05, 0.1) is 0 Å². The number of hydrogen-bond acceptors (Lipinski definition) is 6. The van der Waals surface area contributed by atoms with Crippen molar-refractivity contribution in [2.24, 2.45) is 0 Å². The van der Waals surface area contributed by atoms with E-state index >= 15 is 0 Å². The Hall–Kier alpha value is -2.63. The van der Waals surface area contributed by atoms with E-state index in [0.29, 0.717) is 19.3 Å². The highest BCUT2D eigenvalue weighted by Gasteiger charge is 2.19. The molecule has 6 heteroatoms. The number of esters is 3. The van der Waals surface area contributed by atoms with Crippen molar-refractivity contribution in [2.75, 3.05) is 13.2 Å². The molecular formula is C56H100O6. The van der Waals surface area contributed by atoms with Gasteiger partial charge in [-0.2, -0.15) is 0 Å². The molecule has 0 N–H and O–H groups in total. The molecule has 0 aromatic heterocycles. The van der Waals surface area contributed by atoms with Crippen LogP contribution in [0.3, 0.4) is 0 Å². The van der Waals surface area contributed by atoms with Gasteiger partial charge < -0.3 is 14.2 Å². The third-order valence-corrected chi connectivity index (χ3v) is 11.6. The summed E-state index contributed by atoms with van der Waals surface area (Å²) >= 11 is 0. The standard InChI is InChI=1S/C56H100O6/c1-4-7-10-13-16-19-22-24-26-28-30-31-34-37-40-43-46-49-55(58)61-52-53(51-60-54(57)48-45-42-39-36-33-21-18-15-12-9-6-3)62-56(59)50-47-44-41-38-35-32-29-27-25-23-20-17-14-11-8-5-2/h15,18,21,24,26-27,29,33,53H,4-14,16-17,19-20,22-23,25,28,30-32,34-52H2,1-3H3/b18-15-,26-24-,29-27-,33-21-. The Morgan fingerprint density at radius 1 is 0.323 bits per heavy atom. The van der Waals surface area contributed by atoms with Gasteiger partial charge in [0.2, 0.25) is 0 Å². The molecule has 0 fully saturated rings. The van der Waals surface area contributed by atoms with E-state index in [1.165, 1.54) is 148 Å². The molecule has 62 heavy (non-hydrogen) atoms. The fourth-order valence-electron chi connectivity index (χ4n) is 7.47. The highest BCUT2D eigenvalue weighted by Crippen LogP contribution is 2.14. The van der Waals surface area contributed by atoms with E-state index in [1.54, 1.807) is 0 Å². The van der Waals surface area contributed by atoms with E-state index in [-0.39, 0.29) is 31.1 Å². The Morgan fingerprint density at radius 2 is 0.597 bits per heavy atom. The second-order valence-electron chi connectivity index (χ2n) is 17.8. The number of carbonyl (C=O) groups excluding carboxylic acids is 3. The van der Waals surface area contributed by atoms with Crippen LogP contribution in [0.2, 0.25) is 0 Å². The molecule has 0 saturated heterocycles. The molecule has 0 aliphatic rings. The third kappa shape index (κ3) is 48.4. The second kappa shape index (κ2) is 51.0. The minimum absolute atomic E-state index is 0.0863. The molecule has 0 rings (SSSR count). The van der Waals surface area contributed by atoms with Crippen molar-refractivity contribution in [3.05, 3.63) is 48.6 Å². The first-order chi connectivity index (χ1) is 30.5. The number of allylic oxidation sites excluding steroid dienone is 8. The molecule has 1 atom stereocenters. The third-order valence-electron chi connectivity index (χ3n) is 11.6. The Bertz CT molecular complexity index is 1090. The number of carbonyl (C=O) groups is 3. The molecule has 0 amide bonds. The quantitative estimate of drug-likeness (QED) is 0.0199. The molecule has 0 spiro atoms. The van der Waals surface area contributed by atoms with Gasteiger partial charge in [0.25, 0.3) is 0 Å². The summed E-state index contributed by atoms with van der Waals surface area (Å²) in [5, 5.41) is 0. The van der Waals surface area contributed by atoms with Gasteiger partial charge in [-0.15, -0.1) is 0 Å². The molecule has 0 bridgehead atoms. The molecule has 0 radical (unpaired) electrons. The SMILES string of the molecule is CCCC/C=C\C=C/CCCCCC(=O)OCC(COC(=O)CCCCCCCCC/C=C\CCCCCCCC)OC(=O)CCCCCCC/C=C\CCCCCCCCC. The molecule has 0 aliphatic carbocycles. The van der Waals surface area contributed by atoms with E-state index in [4.69, 9.17) is 14.2 Å². The largest absolute Gasteiger partial charge is 0.462 e. The number of rotatable bonds is 48. The van der Waals surface area contributed by atoms with Gasteiger partial charge in [0.1, 0.15) is 13.2 Å². The lowest BCUT2D eigenvalue weighted by Gasteiger charge is -2.18. The van der Waals surface area contributed by atoms with Crippen LogP contribution in [0.4, 0.5) is 0 Å². The highest BCUT2D eigenvalue weighted by molar-refractivity contribution is 5.71. The summed E-state index contributed by atoms with van der Waals surface area (Å²) in [4.78, 5) is 38.0. The Labute approximate surface area is 384 Å². The van der Waals surface area contributed by atoms with Gasteiger partial charge in [-0.3, -0.25) is 14.4 Å². The van der Waals surface area contributed by atoms with Crippen LogP contribution in [0, 0.1) is 0 Å². The summed E-state index contributed by atoms with van der Waals surface area (Å²) in [6, 6.07) is 0. The van der Waals surface area contributed by atoms with Gasteiger partial charge in [-0.25, -0.2) is 0 Å². The number of hydrogen-bond donors (Lipinski definition) is 0. The van der Waals surface area contributed by atoms with Gasteiger partial charge in [-0.05, 0) is 89.9 Å². The summed E-state index contributed by atoms with van der Waals surface area (Å²) in [6.07, 6.45) is 61.0. The second-order valence-corrected chi connectivity index (χ2v) is 17.8. The fourth-order valence-corrected chi connectivity index (χ4v) is 7.47. The van der Waals surface area contributed by atoms with Gasteiger partial charge in [0.15, 0.2) is 6.10 Å². The van der Waals surface area contributed by atoms with E-state index in [1.807, 2.05) is 0 Å². The van der Waals surface area contributed by atoms with Crippen molar-refractivity contribution in [1.82, 2.24) is 0 Å². The first-order valence-corrected chi connectivity index (χ1v) is 26.7. The lowest BCUT2D eigenvalue weighted by molar-refractivity contribution is -0.167. The van der Waals surface area contributed by atoms with Gasteiger partial charge in [0, 0.05) is 19.3 Å². The van der Waals surface area contributed by atoms with Crippen LogP contribution < -0.4 is 0 Å². The van der Waals surface area contributed by atoms with Crippen LogP contribution in [0.1, 0.15) is 271 Å². The minimum atomic E-state index is -0.788. The van der Waals surface area contributed by atoms with Crippen molar-refractivity contribution >= 4 is 17.9 Å². The van der Waals surface area contributed by atoms with Crippen LogP contribution in [-0.2, 0) is 28.6 Å². The summed E-state index contributed by atoms with van der Waals surface area (Å²) in [5.74, 6) is -0.921. The molecule has 0 aliphatic heterocycles. The molecule has 6 nitrogen and oxygen atoms in total. The average Bonchev–Trinajstić information content (AvgIpc) is 3.27. The molecule has 360 valence electrons. The van der Waals surface area contributed by atoms with Crippen LogP contribution >= 0.6 is 0 Å². The topological polar surface area (TPSA) is 78.9 Å². The zero-order chi connectivity index (χ0) is 45.1. The Kier molecular flexibility index (Phi) is 48.8. The molecule has 0 aromatic carbocycles. The van der Waals surface area contributed by atoms with Crippen LogP contribution in [0.15, 0.2) is 48.6 Å². The van der Waals surface area contributed by atoms with E-state index in [2.05, 4.69) is 69.4 Å². The maximum absolute atomic E-state index is 12.8. The predicted molar refractivity (Wildman–Crippen MR) is 265 cm³/mol. The van der Waals surface area contributed by atoms with Gasteiger partial charge >= 0.3 is 17.9 Å². The zero-order valence-corrected chi connectivity index (χ0v) is 41.1. The number of ether oxygens (including phenoxy) is 3. The lowest BCUT2D eigenvalue weighted by Crippen LogP contribution is -2.30. The van der Waals surface area contributed by atoms with Crippen LogP contribution in [0.5, 0.6) is 0 Å². The maximum atomic E-state index is 12.8. The molecular weight excluding hydrogens is 769 g/mol. The first kappa shape index (κ1) is 59.4. The lowest BCUT2D eigenvalue weighted by atomic mass is 10.1. The van der Waals surface area contributed by atoms with Crippen LogP contribution in [0.25, 0.3) is 0 Å². The van der Waals surface area contributed by atoms with E-state index in [9.17, 15) is 14.4 Å². The van der Waals surface area contributed by atoms with E-state index in [0.717, 1.165) is 83.5 Å². The summed E-state index contributed by atoms with van der Waals surface area (Å²) in [7, 11) is 0. The van der Waals surface area contributed by atoms with E-state index < -0.39 is 6.10 Å². The average molecular weight is 869 g/mol. The summed E-state index contributed by atoms with van der Waals surface area (Å²) in [5.41, 5.74) is 0. The van der Waals surface area contributed by atoms with Crippen LogP contribution in [-0.4, -0.2) is 37.2 Å². The molecule has 0 aromatic rings. The zero-order valence-electron chi connectivity index (χ0n) is 41.1. The smallest absolute Gasteiger partial charge is 0.306 e. The fraction of sp³-hybridized carbons (Fsp3) is 0.804. The van der Waals surface area contributed by atoms with Crippen molar-refractivity contribution in [1.29, 1.82) is 0 Å². The van der Waals surface area contributed by atoms with Crippen molar-refractivity contribution in [3.63, 3.8) is 0 Å². The molecule has 0 saturated carbocycles. The minimum Gasteiger partial charge on any atom is -0.462 e. The number of unbranched alkanes of at least 4 members (excludes halogenated alkanes) is 30. The van der Waals surface area contributed by atoms with Gasteiger partial charge in [-0.1, -0.05) is 211 Å². The monoisotopic (exact) mass is 869 g/mol. The maximum Gasteiger partial charge on any atom is 0.306 e. The predicted octanol–water partition coefficient (Wildman–Crippen LogP) is 17.5.